The van der Waals surface area contributed by atoms with E-state index in [0.29, 0.717) is 24.5 Å². The number of carbonyl (C=O) groups excluding carboxylic acids is 1. The lowest BCUT2D eigenvalue weighted by Crippen LogP contribution is -2.53. The molecule has 4 heterocycles. The molecule has 0 radical (unpaired) electrons. The molecule has 1 N–H and O–H groups in total. The number of benzene rings is 1. The highest BCUT2D eigenvalue weighted by Crippen LogP contribution is 2.41. The van der Waals surface area contributed by atoms with Crippen molar-refractivity contribution in [2.75, 3.05) is 18.8 Å². The van der Waals surface area contributed by atoms with Crippen LogP contribution >= 0.6 is 0 Å². The van der Waals surface area contributed by atoms with Crippen molar-refractivity contribution in [1.82, 2.24) is 19.7 Å². The quantitative estimate of drug-likeness (QED) is 0.582. The first-order chi connectivity index (χ1) is 17.4. The van der Waals surface area contributed by atoms with Crippen LogP contribution in [0.25, 0.3) is 0 Å². The van der Waals surface area contributed by atoms with E-state index in [4.69, 9.17) is 4.52 Å². The zero-order chi connectivity index (χ0) is 24.7. The molecule has 1 aromatic carbocycles. The first kappa shape index (κ1) is 24.1. The maximum absolute atomic E-state index is 13.5. The van der Waals surface area contributed by atoms with Gasteiger partial charge in [-0.25, -0.2) is 8.42 Å². The standard InChI is InChI=1S/C27H36N4O4S/c32-27(25-16-26(35-29-25)21-6-7-21)28-22-14-23-8-9-24(15-22)31(23)36(33,34)18-20-10-12-30(13-11-20)17-19-4-2-1-3-5-19/h1-5,16,20-24H,6-15,17-18H2,(H,28,32)/t22?,23-,24+. The van der Waals surface area contributed by atoms with Gasteiger partial charge in [0, 0.05) is 36.7 Å². The molecule has 194 valence electrons. The fourth-order valence-corrected chi connectivity index (χ4v) is 8.85. The Balaban J connectivity index is 1.01. The second-order valence-electron chi connectivity index (χ2n) is 11.2. The van der Waals surface area contributed by atoms with Crippen LogP contribution in [0.3, 0.4) is 0 Å². The summed E-state index contributed by atoms with van der Waals surface area (Å²) in [6.45, 7) is 2.82. The molecular formula is C27H36N4O4S. The van der Waals surface area contributed by atoms with Gasteiger partial charge in [-0.2, -0.15) is 4.31 Å². The second kappa shape index (κ2) is 9.91. The molecule has 2 bridgehead atoms. The lowest BCUT2D eigenvalue weighted by Gasteiger charge is -2.39. The number of piperidine rings is 2. The third kappa shape index (κ3) is 5.24. The average molecular weight is 513 g/mol. The number of amides is 1. The van der Waals surface area contributed by atoms with E-state index in [2.05, 4.69) is 39.6 Å². The van der Waals surface area contributed by atoms with E-state index in [0.717, 1.165) is 63.9 Å². The predicted molar refractivity (Wildman–Crippen MR) is 136 cm³/mol. The number of nitrogens with zero attached hydrogens (tertiary/aromatic N) is 3. The number of aromatic nitrogens is 1. The molecular weight excluding hydrogens is 476 g/mol. The van der Waals surface area contributed by atoms with Gasteiger partial charge in [-0.1, -0.05) is 35.5 Å². The fraction of sp³-hybridized carbons (Fsp3) is 0.630. The Bertz CT molecular complexity index is 1160. The Hall–Kier alpha value is -2.23. The molecule has 1 aliphatic carbocycles. The molecule has 3 saturated heterocycles. The number of likely N-dealkylation sites (tertiary alicyclic amines) is 1. The minimum Gasteiger partial charge on any atom is -0.360 e. The number of rotatable bonds is 8. The van der Waals surface area contributed by atoms with Gasteiger partial charge >= 0.3 is 0 Å². The molecule has 4 fully saturated rings. The Morgan fingerprint density at radius 2 is 1.69 bits per heavy atom. The van der Waals surface area contributed by atoms with E-state index in [9.17, 15) is 13.2 Å². The van der Waals surface area contributed by atoms with Crippen LogP contribution in [-0.2, 0) is 16.6 Å². The van der Waals surface area contributed by atoms with E-state index in [-0.39, 0.29) is 35.7 Å². The van der Waals surface area contributed by atoms with Crippen LogP contribution in [0.4, 0.5) is 0 Å². The van der Waals surface area contributed by atoms with Crippen LogP contribution < -0.4 is 5.32 Å². The van der Waals surface area contributed by atoms with Crippen molar-refractivity contribution in [2.45, 2.75) is 82.0 Å². The van der Waals surface area contributed by atoms with Crippen LogP contribution in [0, 0.1) is 5.92 Å². The van der Waals surface area contributed by atoms with Gasteiger partial charge in [0.05, 0.1) is 5.75 Å². The van der Waals surface area contributed by atoms with Gasteiger partial charge in [-0.3, -0.25) is 9.69 Å². The van der Waals surface area contributed by atoms with E-state index in [1.54, 1.807) is 6.07 Å². The average Bonchev–Trinajstić information content (AvgIpc) is 3.51. The summed E-state index contributed by atoms with van der Waals surface area (Å²) in [5.74, 6) is 1.46. The number of hydrogen-bond acceptors (Lipinski definition) is 6. The number of sulfonamides is 1. The van der Waals surface area contributed by atoms with E-state index in [1.807, 2.05) is 10.4 Å². The summed E-state index contributed by atoms with van der Waals surface area (Å²) in [4.78, 5) is 15.1. The van der Waals surface area contributed by atoms with Crippen LogP contribution in [0.5, 0.6) is 0 Å². The maximum atomic E-state index is 13.5. The van der Waals surface area contributed by atoms with Gasteiger partial charge in [-0.05, 0) is 75.9 Å². The Morgan fingerprint density at radius 1 is 1.00 bits per heavy atom. The van der Waals surface area contributed by atoms with E-state index < -0.39 is 10.0 Å². The van der Waals surface area contributed by atoms with Gasteiger partial charge in [0.2, 0.25) is 10.0 Å². The molecule has 4 aliphatic rings. The summed E-state index contributed by atoms with van der Waals surface area (Å²) < 4.78 is 34.2. The van der Waals surface area contributed by atoms with E-state index in [1.165, 1.54) is 5.56 Å². The van der Waals surface area contributed by atoms with Gasteiger partial charge in [0.1, 0.15) is 5.76 Å². The summed E-state index contributed by atoms with van der Waals surface area (Å²) in [5, 5.41) is 7.05. The normalized spacial score (nSPS) is 27.8. The zero-order valence-corrected chi connectivity index (χ0v) is 21.5. The van der Waals surface area contributed by atoms with Gasteiger partial charge in [0.25, 0.3) is 5.91 Å². The van der Waals surface area contributed by atoms with Gasteiger partial charge in [0.15, 0.2) is 5.69 Å². The van der Waals surface area contributed by atoms with Crippen LogP contribution in [0.2, 0.25) is 0 Å². The Labute approximate surface area is 213 Å². The van der Waals surface area contributed by atoms with Crippen molar-refractivity contribution in [3.8, 4) is 0 Å². The van der Waals surface area contributed by atoms with E-state index >= 15 is 0 Å². The third-order valence-corrected chi connectivity index (χ3v) is 10.6. The fourth-order valence-electron chi connectivity index (χ4n) is 6.46. The predicted octanol–water partition coefficient (Wildman–Crippen LogP) is 3.52. The molecule has 1 amide bonds. The molecule has 8 nitrogen and oxygen atoms in total. The summed E-state index contributed by atoms with van der Waals surface area (Å²) in [7, 11) is -3.32. The Kier molecular flexibility index (Phi) is 6.64. The maximum Gasteiger partial charge on any atom is 0.273 e. The van der Waals surface area contributed by atoms with Gasteiger partial charge in [-0.15, -0.1) is 0 Å². The van der Waals surface area contributed by atoms with Crippen LogP contribution in [0.1, 0.15) is 79.1 Å². The van der Waals surface area contributed by atoms with Crippen molar-refractivity contribution in [1.29, 1.82) is 0 Å². The molecule has 3 atom stereocenters. The van der Waals surface area contributed by atoms with Crippen LogP contribution in [-0.4, -0.2) is 65.7 Å². The Morgan fingerprint density at radius 3 is 2.36 bits per heavy atom. The van der Waals surface area contributed by atoms with Crippen molar-refractivity contribution in [2.24, 2.45) is 5.92 Å². The number of fused-ring (bicyclic) bond motifs is 2. The number of carbonyl (C=O) groups is 1. The highest BCUT2D eigenvalue weighted by atomic mass is 32.2. The lowest BCUT2D eigenvalue weighted by atomic mass is 9.98. The molecule has 3 aliphatic heterocycles. The first-order valence-corrected chi connectivity index (χ1v) is 15.1. The monoisotopic (exact) mass is 512 g/mol. The summed E-state index contributed by atoms with van der Waals surface area (Å²) in [6, 6.07) is 12.2. The van der Waals surface area contributed by atoms with Crippen molar-refractivity contribution < 1.29 is 17.7 Å². The van der Waals surface area contributed by atoms with Crippen molar-refractivity contribution >= 4 is 15.9 Å². The smallest absolute Gasteiger partial charge is 0.273 e. The van der Waals surface area contributed by atoms with Crippen molar-refractivity contribution in [3.63, 3.8) is 0 Å². The summed E-state index contributed by atoms with van der Waals surface area (Å²) in [6.07, 6.45) is 7.14. The molecule has 9 heteroatoms. The van der Waals surface area contributed by atoms with Crippen molar-refractivity contribution in [3.05, 3.63) is 53.4 Å². The zero-order valence-electron chi connectivity index (χ0n) is 20.7. The summed E-state index contributed by atoms with van der Waals surface area (Å²) in [5.41, 5.74) is 1.64. The topological polar surface area (TPSA) is 95.8 Å². The molecule has 1 unspecified atom stereocenters. The SMILES string of the molecule is O=C(NC1C[C@H]2CC[C@@H](C1)N2S(=O)(=O)CC1CCN(Cc2ccccc2)CC1)c1cc(C2CC2)on1. The molecule has 1 aromatic heterocycles. The largest absolute Gasteiger partial charge is 0.360 e. The highest BCUT2D eigenvalue weighted by molar-refractivity contribution is 7.89. The molecule has 2 aromatic rings. The third-order valence-electron chi connectivity index (χ3n) is 8.47. The first-order valence-electron chi connectivity index (χ1n) is 13.5. The lowest BCUT2D eigenvalue weighted by molar-refractivity contribution is 0.0900. The molecule has 6 rings (SSSR count). The molecule has 0 spiro atoms. The highest BCUT2D eigenvalue weighted by Gasteiger charge is 2.47. The van der Waals surface area contributed by atoms with Gasteiger partial charge < -0.3 is 9.84 Å². The second-order valence-corrected chi connectivity index (χ2v) is 13.1. The van der Waals surface area contributed by atoms with Crippen LogP contribution in [0.15, 0.2) is 40.9 Å². The minimum absolute atomic E-state index is 0.0171. The number of hydrogen-bond donors (Lipinski definition) is 1. The minimum atomic E-state index is -3.32. The molecule has 1 saturated carbocycles. The number of nitrogens with one attached hydrogen (secondary N) is 1. The molecule has 36 heavy (non-hydrogen) atoms. The summed E-state index contributed by atoms with van der Waals surface area (Å²) >= 11 is 0.